The second-order valence-corrected chi connectivity index (χ2v) is 6.67. The first-order valence-electron chi connectivity index (χ1n) is 7.09. The van der Waals surface area contributed by atoms with Gasteiger partial charge in [0.05, 0.1) is 22.0 Å². The van der Waals surface area contributed by atoms with Gasteiger partial charge in [-0.15, -0.1) is 0 Å². The van der Waals surface area contributed by atoms with Crippen molar-refractivity contribution in [1.29, 1.82) is 0 Å². The van der Waals surface area contributed by atoms with Crippen LogP contribution in [0.4, 0.5) is 37.7 Å². The summed E-state index contributed by atoms with van der Waals surface area (Å²) in [6.45, 7) is -2.36. The molecule has 0 spiro atoms. The molecule has 0 bridgehead atoms. The molecular formula is C16H10BrClF6N2O. The molecule has 27 heavy (non-hydrogen) atoms. The molecule has 2 aromatic rings. The minimum absolute atomic E-state index is 0.254. The highest BCUT2D eigenvalue weighted by Gasteiger charge is 2.58. The molecule has 2 rings (SSSR count). The maximum Gasteiger partial charge on any atom is 0.429 e. The molecular weight excluding hydrogens is 466 g/mol. The molecule has 2 aromatic carbocycles. The van der Waals surface area contributed by atoms with Gasteiger partial charge in [-0.2, -0.15) is 13.2 Å². The Bertz CT molecular complexity index is 869. The van der Waals surface area contributed by atoms with Gasteiger partial charge < -0.3 is 11.1 Å². The summed E-state index contributed by atoms with van der Waals surface area (Å²) in [6, 6.07) is 4.82. The van der Waals surface area contributed by atoms with Crippen molar-refractivity contribution in [3.8, 4) is 0 Å². The third-order valence-corrected chi connectivity index (χ3v) is 4.57. The Morgan fingerprint density at radius 2 is 1.85 bits per heavy atom. The van der Waals surface area contributed by atoms with Gasteiger partial charge in [-0.25, -0.2) is 13.2 Å². The van der Waals surface area contributed by atoms with E-state index in [9.17, 15) is 31.1 Å². The molecule has 0 aliphatic carbocycles. The topological polar surface area (TPSA) is 55.1 Å². The van der Waals surface area contributed by atoms with Crippen molar-refractivity contribution >= 4 is 44.8 Å². The van der Waals surface area contributed by atoms with E-state index in [4.69, 9.17) is 17.3 Å². The zero-order valence-corrected chi connectivity index (χ0v) is 15.4. The van der Waals surface area contributed by atoms with Crippen molar-refractivity contribution in [1.82, 2.24) is 0 Å². The molecule has 1 amide bonds. The first kappa shape index (κ1) is 21.4. The third kappa shape index (κ3) is 4.01. The zero-order valence-electron chi connectivity index (χ0n) is 13.1. The van der Waals surface area contributed by atoms with Crippen molar-refractivity contribution in [3.63, 3.8) is 0 Å². The smallest absolute Gasteiger partial charge is 0.396 e. The van der Waals surface area contributed by atoms with Gasteiger partial charge in [0.15, 0.2) is 5.82 Å². The lowest BCUT2D eigenvalue weighted by Gasteiger charge is -2.26. The van der Waals surface area contributed by atoms with Crippen LogP contribution in [0.2, 0.25) is 5.02 Å². The second kappa shape index (κ2) is 7.59. The molecule has 146 valence electrons. The fourth-order valence-corrected chi connectivity index (χ4v) is 3.08. The Balaban J connectivity index is 2.43. The molecule has 1 atom stereocenters. The quantitative estimate of drug-likeness (QED) is 0.436. The summed E-state index contributed by atoms with van der Waals surface area (Å²) in [5.74, 6) is -2.00. The van der Waals surface area contributed by atoms with Crippen LogP contribution in [0.1, 0.15) is 15.9 Å². The zero-order chi connectivity index (χ0) is 20.6. The van der Waals surface area contributed by atoms with E-state index in [1.54, 1.807) is 0 Å². The van der Waals surface area contributed by atoms with Crippen LogP contribution in [-0.4, -0.2) is 18.8 Å². The summed E-state index contributed by atoms with van der Waals surface area (Å²) in [5.41, 5.74) is -1.00. The summed E-state index contributed by atoms with van der Waals surface area (Å²) >= 11 is 8.68. The van der Waals surface area contributed by atoms with Gasteiger partial charge in [-0.1, -0.05) is 17.7 Å². The molecule has 0 radical (unpaired) electrons. The average molecular weight is 476 g/mol. The number of benzene rings is 2. The number of alkyl halides is 5. The average Bonchev–Trinajstić information content (AvgIpc) is 2.58. The van der Waals surface area contributed by atoms with Crippen molar-refractivity contribution in [3.05, 3.63) is 56.8 Å². The lowest BCUT2D eigenvalue weighted by molar-refractivity contribution is -0.240. The van der Waals surface area contributed by atoms with Gasteiger partial charge in [-0.3, -0.25) is 4.79 Å². The summed E-state index contributed by atoms with van der Waals surface area (Å²) in [7, 11) is 0. The summed E-state index contributed by atoms with van der Waals surface area (Å²) in [6.07, 6.45) is -5.53. The van der Waals surface area contributed by atoms with Gasteiger partial charge in [0, 0.05) is 10.0 Å². The fraction of sp³-hybridized carbons (Fsp3) is 0.188. The first-order chi connectivity index (χ1) is 12.4. The largest absolute Gasteiger partial charge is 0.429 e. The Morgan fingerprint density at radius 1 is 1.22 bits per heavy atom. The molecule has 3 N–H and O–H groups in total. The van der Waals surface area contributed by atoms with Gasteiger partial charge in [-0.05, 0) is 40.2 Å². The highest BCUT2D eigenvalue weighted by atomic mass is 79.9. The predicted octanol–water partition coefficient (Wildman–Crippen LogP) is 5.77. The number of carbonyl (C=O) groups is 1. The number of hydrogen-bond acceptors (Lipinski definition) is 2. The number of anilines is 2. The van der Waals surface area contributed by atoms with Gasteiger partial charge in [0.25, 0.3) is 11.6 Å². The first-order valence-corrected chi connectivity index (χ1v) is 8.26. The third-order valence-electron chi connectivity index (χ3n) is 3.64. The summed E-state index contributed by atoms with van der Waals surface area (Å²) in [5, 5.41) is 1.67. The number of amides is 1. The Labute approximate surface area is 162 Å². The molecule has 0 aromatic heterocycles. The standard InChI is InChI=1S/C16H10BrClF6N2O/c17-9-4-7(15(21,6-19)16(22,23)24)5-10(18)13(9)26-14(27)8-2-1-3-11(25)12(8)20/h1-5H,6,25H2,(H,26,27). The fourth-order valence-electron chi connectivity index (χ4n) is 2.14. The molecule has 0 heterocycles. The van der Waals surface area contributed by atoms with E-state index in [0.717, 1.165) is 6.07 Å². The Hall–Kier alpha value is -1.94. The highest BCUT2D eigenvalue weighted by Crippen LogP contribution is 2.46. The molecule has 11 heteroatoms. The monoisotopic (exact) mass is 474 g/mol. The lowest BCUT2D eigenvalue weighted by Crippen LogP contribution is -2.40. The molecule has 0 saturated heterocycles. The van der Waals surface area contributed by atoms with Gasteiger partial charge >= 0.3 is 6.18 Å². The van der Waals surface area contributed by atoms with Crippen LogP contribution in [0.5, 0.6) is 0 Å². The number of nitrogens with one attached hydrogen (secondary N) is 1. The van der Waals surface area contributed by atoms with Crippen LogP contribution in [0.25, 0.3) is 0 Å². The maximum atomic E-state index is 14.1. The lowest BCUT2D eigenvalue weighted by atomic mass is 9.96. The number of nitrogens with two attached hydrogens (primary N) is 1. The number of hydrogen-bond donors (Lipinski definition) is 2. The molecule has 0 saturated carbocycles. The van der Waals surface area contributed by atoms with Crippen molar-refractivity contribution in [2.45, 2.75) is 11.8 Å². The van der Waals surface area contributed by atoms with Crippen molar-refractivity contribution < 1.29 is 31.1 Å². The predicted molar refractivity (Wildman–Crippen MR) is 92.7 cm³/mol. The summed E-state index contributed by atoms with van der Waals surface area (Å²) in [4.78, 5) is 12.2. The summed E-state index contributed by atoms with van der Waals surface area (Å²) < 4.78 is 79.2. The van der Waals surface area contributed by atoms with E-state index in [2.05, 4.69) is 21.2 Å². The van der Waals surface area contributed by atoms with E-state index in [-0.39, 0.29) is 15.8 Å². The van der Waals surface area contributed by atoms with Crippen LogP contribution in [0, 0.1) is 5.82 Å². The molecule has 3 nitrogen and oxygen atoms in total. The van der Waals surface area contributed by atoms with E-state index < -0.39 is 46.4 Å². The highest BCUT2D eigenvalue weighted by molar-refractivity contribution is 9.10. The number of halogens is 8. The van der Waals surface area contributed by atoms with E-state index in [0.29, 0.717) is 12.1 Å². The minimum Gasteiger partial charge on any atom is -0.396 e. The van der Waals surface area contributed by atoms with E-state index >= 15 is 0 Å². The Kier molecular flexibility index (Phi) is 6.00. The molecule has 0 fully saturated rings. The Morgan fingerprint density at radius 3 is 2.37 bits per heavy atom. The number of carbonyl (C=O) groups excluding carboxylic acids is 1. The van der Waals surface area contributed by atoms with Gasteiger partial charge in [0.1, 0.15) is 6.67 Å². The minimum atomic E-state index is -5.53. The maximum absolute atomic E-state index is 14.1. The normalized spacial score (nSPS) is 13.9. The number of nitrogen functional groups attached to an aromatic ring is 1. The van der Waals surface area contributed by atoms with Crippen LogP contribution >= 0.6 is 27.5 Å². The van der Waals surface area contributed by atoms with Crippen LogP contribution in [0.3, 0.4) is 0 Å². The van der Waals surface area contributed by atoms with E-state index in [1.807, 2.05) is 0 Å². The molecule has 0 aliphatic rings. The van der Waals surface area contributed by atoms with Gasteiger partial charge in [0.2, 0.25) is 0 Å². The van der Waals surface area contributed by atoms with Crippen molar-refractivity contribution in [2.24, 2.45) is 0 Å². The second-order valence-electron chi connectivity index (χ2n) is 5.41. The van der Waals surface area contributed by atoms with Crippen LogP contribution < -0.4 is 11.1 Å². The van der Waals surface area contributed by atoms with Crippen LogP contribution in [-0.2, 0) is 5.67 Å². The molecule has 1 unspecified atom stereocenters. The SMILES string of the molecule is Nc1cccc(C(=O)Nc2c(Cl)cc(C(F)(CF)C(F)(F)F)cc2Br)c1F. The van der Waals surface area contributed by atoms with Crippen LogP contribution in [0.15, 0.2) is 34.8 Å². The van der Waals surface area contributed by atoms with Crippen molar-refractivity contribution in [2.75, 3.05) is 17.7 Å². The molecule has 0 aliphatic heterocycles. The number of rotatable bonds is 4. The van der Waals surface area contributed by atoms with E-state index in [1.165, 1.54) is 12.1 Å².